The van der Waals surface area contributed by atoms with Crippen LogP contribution in [0, 0.1) is 0 Å². The van der Waals surface area contributed by atoms with Crippen molar-refractivity contribution in [3.8, 4) is 10.4 Å². The van der Waals surface area contributed by atoms with Gasteiger partial charge in [-0.25, -0.2) is 8.42 Å². The molecule has 0 aliphatic heterocycles. The molecule has 38 heavy (non-hydrogen) atoms. The highest BCUT2D eigenvalue weighted by Crippen LogP contribution is 2.58. The number of hydrogen-bond donors (Lipinski definition) is 3. The monoisotopic (exact) mass is 567 g/mol. The molecule has 2 heterocycles. The van der Waals surface area contributed by atoms with Crippen LogP contribution in [-0.2, 0) is 20.2 Å². The van der Waals surface area contributed by atoms with Crippen LogP contribution in [-0.4, -0.2) is 42.5 Å². The number of carboxylic acids is 1. The van der Waals surface area contributed by atoms with Gasteiger partial charge in [-0.3, -0.25) is 14.6 Å². The van der Waals surface area contributed by atoms with Crippen LogP contribution in [0.1, 0.15) is 22.5 Å². The predicted octanol–water partition coefficient (Wildman–Crippen LogP) is 4.34. The number of pyridine rings is 1. The summed E-state index contributed by atoms with van der Waals surface area (Å²) < 4.78 is 29.4. The first-order valence-electron chi connectivity index (χ1n) is 11.5. The second-order valence-corrected chi connectivity index (χ2v) is 12.4. The van der Waals surface area contributed by atoms with E-state index in [1.807, 2.05) is 0 Å². The van der Waals surface area contributed by atoms with Gasteiger partial charge in [-0.1, -0.05) is 60.1 Å². The maximum Gasteiger partial charge on any atom is 0.325 e. The van der Waals surface area contributed by atoms with E-state index in [1.54, 1.807) is 78.9 Å². The minimum atomic E-state index is -4.23. The predicted molar refractivity (Wildman–Crippen MR) is 145 cm³/mol. The molecule has 1 aliphatic carbocycles. The molecule has 0 bridgehead atoms. The summed E-state index contributed by atoms with van der Waals surface area (Å²) in [6.07, 6.45) is 1.44. The van der Waals surface area contributed by atoms with E-state index in [-0.39, 0.29) is 22.9 Å². The topological polar surface area (TPSA) is 125 Å². The number of halogens is 1. The quantitative estimate of drug-likeness (QED) is 0.276. The van der Waals surface area contributed by atoms with Gasteiger partial charge in [0.25, 0.3) is 15.9 Å². The summed E-state index contributed by atoms with van der Waals surface area (Å²) >= 11 is 6.98. The SMILES string of the molecule is O=C(NC[C@@]1(c2ccccc2)CC1(NS(=O)(=O)c1ccc(-c2ccc(Cl)cc2)s1)C(=O)O)c1ccccn1. The smallest absolute Gasteiger partial charge is 0.325 e. The Morgan fingerprint density at radius 2 is 1.68 bits per heavy atom. The highest BCUT2D eigenvalue weighted by molar-refractivity contribution is 7.91. The van der Waals surface area contributed by atoms with Crippen molar-refractivity contribution in [2.24, 2.45) is 0 Å². The summed E-state index contributed by atoms with van der Waals surface area (Å²) in [7, 11) is -4.23. The number of thiophene rings is 1. The molecule has 1 amide bonds. The number of nitrogens with zero attached hydrogens (tertiary/aromatic N) is 1. The molecule has 2 aromatic heterocycles. The van der Waals surface area contributed by atoms with E-state index in [0.717, 1.165) is 16.9 Å². The molecule has 3 N–H and O–H groups in total. The Kier molecular flexibility index (Phi) is 6.83. The number of aromatic nitrogens is 1. The molecule has 0 radical (unpaired) electrons. The van der Waals surface area contributed by atoms with Crippen molar-refractivity contribution in [1.29, 1.82) is 0 Å². The van der Waals surface area contributed by atoms with E-state index < -0.39 is 32.9 Å². The van der Waals surface area contributed by atoms with E-state index in [9.17, 15) is 23.1 Å². The van der Waals surface area contributed by atoms with E-state index in [4.69, 9.17) is 11.6 Å². The van der Waals surface area contributed by atoms with E-state index in [0.29, 0.717) is 15.5 Å². The molecule has 1 unspecified atom stereocenters. The number of benzene rings is 2. The van der Waals surface area contributed by atoms with Crippen molar-refractivity contribution in [3.63, 3.8) is 0 Å². The summed E-state index contributed by atoms with van der Waals surface area (Å²) in [6.45, 7) is -0.109. The van der Waals surface area contributed by atoms with Gasteiger partial charge in [-0.15, -0.1) is 11.3 Å². The van der Waals surface area contributed by atoms with Gasteiger partial charge in [0.15, 0.2) is 0 Å². The Morgan fingerprint density at radius 1 is 0.974 bits per heavy atom. The first kappa shape index (κ1) is 26.1. The molecule has 11 heteroatoms. The highest BCUT2D eigenvalue weighted by Gasteiger charge is 2.74. The summed E-state index contributed by atoms with van der Waals surface area (Å²) in [6, 6.07) is 23.7. The van der Waals surface area contributed by atoms with Crippen LogP contribution in [0.5, 0.6) is 0 Å². The van der Waals surface area contributed by atoms with Crippen LogP contribution in [0.2, 0.25) is 5.02 Å². The van der Waals surface area contributed by atoms with Gasteiger partial charge < -0.3 is 10.4 Å². The second-order valence-electron chi connectivity index (χ2n) is 8.96. The van der Waals surface area contributed by atoms with Gasteiger partial charge in [-0.2, -0.15) is 4.72 Å². The zero-order chi connectivity index (χ0) is 27.0. The van der Waals surface area contributed by atoms with Gasteiger partial charge in [-0.05, 0) is 53.9 Å². The molecule has 0 spiro atoms. The van der Waals surface area contributed by atoms with Gasteiger partial charge >= 0.3 is 5.97 Å². The number of carboxylic acid groups (broad SMARTS) is 1. The number of sulfonamides is 1. The number of carbonyl (C=O) groups excluding carboxylic acids is 1. The maximum absolute atomic E-state index is 13.5. The molecule has 8 nitrogen and oxygen atoms in total. The lowest BCUT2D eigenvalue weighted by Crippen LogP contribution is -2.51. The summed E-state index contributed by atoms with van der Waals surface area (Å²) in [5, 5.41) is 13.7. The number of rotatable bonds is 9. The highest BCUT2D eigenvalue weighted by atomic mass is 35.5. The molecule has 5 rings (SSSR count). The lowest BCUT2D eigenvalue weighted by atomic mass is 9.90. The van der Waals surface area contributed by atoms with Crippen molar-refractivity contribution in [2.45, 2.75) is 21.6 Å². The van der Waals surface area contributed by atoms with Crippen LogP contribution in [0.4, 0.5) is 0 Å². The molecule has 1 aliphatic rings. The van der Waals surface area contributed by atoms with Crippen molar-refractivity contribution < 1.29 is 23.1 Å². The number of hydrogen-bond acceptors (Lipinski definition) is 6. The zero-order valence-corrected chi connectivity index (χ0v) is 22.2. The van der Waals surface area contributed by atoms with Gasteiger partial charge in [0.1, 0.15) is 15.4 Å². The van der Waals surface area contributed by atoms with Crippen molar-refractivity contribution in [3.05, 3.63) is 107 Å². The van der Waals surface area contributed by atoms with Crippen LogP contribution in [0.25, 0.3) is 10.4 Å². The summed E-state index contributed by atoms with van der Waals surface area (Å²) in [4.78, 5) is 30.1. The van der Waals surface area contributed by atoms with Crippen LogP contribution in [0.15, 0.2) is 95.3 Å². The van der Waals surface area contributed by atoms with Gasteiger partial charge in [0, 0.05) is 28.1 Å². The van der Waals surface area contributed by atoms with Gasteiger partial charge in [0.05, 0.1) is 0 Å². The Balaban J connectivity index is 1.46. The largest absolute Gasteiger partial charge is 0.480 e. The minimum Gasteiger partial charge on any atom is -0.480 e. The number of carbonyl (C=O) groups is 2. The van der Waals surface area contributed by atoms with Crippen molar-refractivity contribution >= 4 is 44.8 Å². The maximum atomic E-state index is 13.5. The van der Waals surface area contributed by atoms with Crippen LogP contribution < -0.4 is 10.0 Å². The second kappa shape index (κ2) is 9.95. The van der Waals surface area contributed by atoms with Crippen LogP contribution in [0.3, 0.4) is 0 Å². The Labute approximate surface area is 228 Å². The fraction of sp³-hybridized carbons (Fsp3) is 0.148. The fourth-order valence-electron chi connectivity index (χ4n) is 4.62. The molecule has 2 aromatic carbocycles. The number of aliphatic carboxylic acids is 1. The van der Waals surface area contributed by atoms with E-state index in [1.165, 1.54) is 12.3 Å². The zero-order valence-electron chi connectivity index (χ0n) is 19.8. The lowest BCUT2D eigenvalue weighted by molar-refractivity contribution is -0.140. The third-order valence-electron chi connectivity index (χ3n) is 6.68. The molecule has 2 atom stereocenters. The third-order valence-corrected chi connectivity index (χ3v) is 10.1. The van der Waals surface area contributed by atoms with Crippen LogP contribution >= 0.6 is 22.9 Å². The number of nitrogens with one attached hydrogen (secondary N) is 2. The Bertz CT molecular complexity index is 1590. The average Bonchev–Trinajstić information content (AvgIpc) is 3.29. The molecule has 1 saturated carbocycles. The minimum absolute atomic E-state index is 0.0190. The van der Waals surface area contributed by atoms with Gasteiger partial charge in [0.2, 0.25) is 0 Å². The van der Waals surface area contributed by atoms with E-state index in [2.05, 4.69) is 15.0 Å². The van der Waals surface area contributed by atoms with E-state index >= 15 is 0 Å². The normalized spacial score (nSPS) is 20.6. The number of amides is 1. The first-order valence-corrected chi connectivity index (χ1v) is 14.2. The molecular formula is C27H22ClN3O5S2. The summed E-state index contributed by atoms with van der Waals surface area (Å²) in [5.41, 5.74) is -1.52. The Hall–Kier alpha value is -3.57. The third kappa shape index (κ3) is 4.71. The standard InChI is InChI=1S/C27H22ClN3O5S2/c28-20-11-9-18(10-12-20)22-13-14-23(37-22)38(35,36)31-27(25(33)34)16-26(27,19-6-2-1-3-7-19)17-30-24(32)21-8-4-5-15-29-21/h1-15,31H,16-17H2,(H,30,32)(H,33,34)/t26-,27?/m1/s1. The van der Waals surface area contributed by atoms with Crippen molar-refractivity contribution in [1.82, 2.24) is 15.0 Å². The molecule has 0 saturated heterocycles. The Morgan fingerprint density at radius 3 is 2.34 bits per heavy atom. The van der Waals surface area contributed by atoms with Crippen molar-refractivity contribution in [2.75, 3.05) is 6.54 Å². The molecule has 194 valence electrons. The molecule has 4 aromatic rings. The fourth-order valence-corrected chi connectivity index (χ4v) is 7.48. The lowest BCUT2D eigenvalue weighted by Gasteiger charge is -2.24. The molecule has 1 fully saturated rings. The average molecular weight is 568 g/mol. The molecular weight excluding hydrogens is 546 g/mol. The first-order chi connectivity index (χ1) is 18.2. The summed E-state index contributed by atoms with van der Waals surface area (Å²) in [5.74, 6) is -1.81.